The number of carbonyl (C=O) groups is 1. The third-order valence-corrected chi connectivity index (χ3v) is 5.67. The van der Waals surface area contributed by atoms with Crippen LogP contribution in [0.2, 0.25) is 0 Å². The Morgan fingerprint density at radius 1 is 0.935 bits per heavy atom. The molecule has 1 unspecified atom stereocenters. The highest BCUT2D eigenvalue weighted by atomic mass is 16.5. The number of anilines is 1. The lowest BCUT2D eigenvalue weighted by Gasteiger charge is -2.24. The van der Waals surface area contributed by atoms with Gasteiger partial charge >= 0.3 is 0 Å². The molecule has 168 valence electrons. The van der Waals surface area contributed by atoms with Crippen LogP contribution in [0.15, 0.2) is 42.5 Å². The van der Waals surface area contributed by atoms with Crippen molar-refractivity contribution in [3.05, 3.63) is 48.0 Å². The predicted molar refractivity (Wildman–Crippen MR) is 122 cm³/mol. The van der Waals surface area contributed by atoms with Gasteiger partial charge in [0.1, 0.15) is 17.2 Å². The van der Waals surface area contributed by atoms with E-state index in [0.717, 1.165) is 55.4 Å². The number of amides is 1. The fourth-order valence-corrected chi connectivity index (χ4v) is 3.93. The number of rotatable bonds is 8. The maximum atomic E-state index is 12.7. The van der Waals surface area contributed by atoms with Gasteiger partial charge in [-0.1, -0.05) is 0 Å². The van der Waals surface area contributed by atoms with Crippen LogP contribution < -0.4 is 24.4 Å². The van der Waals surface area contributed by atoms with Crippen molar-refractivity contribution >= 4 is 11.6 Å². The molecule has 0 spiro atoms. The molecule has 0 saturated carbocycles. The second-order valence-corrected chi connectivity index (χ2v) is 7.71. The van der Waals surface area contributed by atoms with Crippen LogP contribution in [0.3, 0.4) is 0 Å². The second-order valence-electron chi connectivity index (χ2n) is 7.71. The molecule has 0 aliphatic carbocycles. The van der Waals surface area contributed by atoms with E-state index in [9.17, 15) is 4.79 Å². The first-order chi connectivity index (χ1) is 15.0. The molecule has 0 aromatic heterocycles. The number of benzene rings is 2. The minimum Gasteiger partial charge on any atom is -0.497 e. The van der Waals surface area contributed by atoms with Crippen LogP contribution >= 0.6 is 0 Å². The van der Waals surface area contributed by atoms with E-state index in [4.69, 9.17) is 14.2 Å². The van der Waals surface area contributed by atoms with Crippen LogP contribution in [0.25, 0.3) is 0 Å². The number of hydrogen-bond acceptors (Lipinski definition) is 6. The van der Waals surface area contributed by atoms with Crippen molar-refractivity contribution < 1.29 is 19.0 Å². The van der Waals surface area contributed by atoms with Gasteiger partial charge in [-0.05, 0) is 55.8 Å². The molecule has 1 atom stereocenters. The largest absolute Gasteiger partial charge is 0.497 e. The van der Waals surface area contributed by atoms with Gasteiger partial charge in [0.2, 0.25) is 5.91 Å². The summed E-state index contributed by atoms with van der Waals surface area (Å²) in [6.07, 6.45) is 1.01. The van der Waals surface area contributed by atoms with Crippen molar-refractivity contribution in [3.8, 4) is 17.2 Å². The lowest BCUT2D eigenvalue weighted by Crippen LogP contribution is -2.40. The fourth-order valence-electron chi connectivity index (χ4n) is 3.93. The number of carbonyl (C=O) groups excluding carboxylic acids is 1. The first kappa shape index (κ1) is 22.7. The monoisotopic (exact) mass is 427 g/mol. The van der Waals surface area contributed by atoms with Gasteiger partial charge in [-0.2, -0.15) is 0 Å². The highest BCUT2D eigenvalue weighted by Gasteiger charge is 2.20. The van der Waals surface area contributed by atoms with E-state index >= 15 is 0 Å². The van der Waals surface area contributed by atoms with E-state index in [1.807, 2.05) is 37.3 Å². The van der Waals surface area contributed by atoms with E-state index in [1.165, 1.54) is 5.69 Å². The van der Waals surface area contributed by atoms with E-state index < -0.39 is 0 Å². The summed E-state index contributed by atoms with van der Waals surface area (Å²) in [4.78, 5) is 17.3. The Hall–Kier alpha value is -2.93. The van der Waals surface area contributed by atoms with Gasteiger partial charge in [-0.3, -0.25) is 9.69 Å². The molecular formula is C24H33N3O4. The second kappa shape index (κ2) is 10.9. The lowest BCUT2D eigenvalue weighted by atomic mass is 10.1. The summed E-state index contributed by atoms with van der Waals surface area (Å²) in [6.45, 7) is 5.95. The highest BCUT2D eigenvalue weighted by Crippen LogP contribution is 2.29. The molecule has 1 aliphatic heterocycles. The summed E-state index contributed by atoms with van der Waals surface area (Å²) in [5.41, 5.74) is 2.09. The van der Waals surface area contributed by atoms with Crippen molar-refractivity contribution in [3.63, 3.8) is 0 Å². The molecule has 7 nitrogen and oxygen atoms in total. The standard InChI is InChI=1S/C24H33N3O4/c1-18(22-16-21(30-3)10-11-23(22)31-4)25-24(28)17-26-12-5-13-27(15-14-26)19-6-8-20(29-2)9-7-19/h6-11,16,18H,5,12-15,17H2,1-4H3,(H,25,28). The van der Waals surface area contributed by atoms with Gasteiger partial charge in [0.05, 0.1) is 33.9 Å². The van der Waals surface area contributed by atoms with E-state index in [2.05, 4.69) is 27.2 Å². The molecule has 1 amide bonds. The molecule has 1 fully saturated rings. The zero-order valence-electron chi connectivity index (χ0n) is 18.9. The molecule has 3 rings (SSSR count). The normalized spacial score (nSPS) is 15.7. The van der Waals surface area contributed by atoms with Crippen molar-refractivity contribution in [1.82, 2.24) is 10.2 Å². The average Bonchev–Trinajstić information content (AvgIpc) is 3.04. The maximum absolute atomic E-state index is 12.7. The summed E-state index contributed by atoms with van der Waals surface area (Å²) < 4.78 is 16.0. The quantitative estimate of drug-likeness (QED) is 0.699. The van der Waals surface area contributed by atoms with E-state index in [0.29, 0.717) is 6.54 Å². The minimum atomic E-state index is -0.180. The van der Waals surface area contributed by atoms with Crippen LogP contribution in [0.4, 0.5) is 5.69 Å². The SMILES string of the molecule is COc1ccc(N2CCCN(CC(=O)NC(C)c3cc(OC)ccc3OC)CC2)cc1. The van der Waals surface area contributed by atoms with Crippen molar-refractivity contribution in [2.24, 2.45) is 0 Å². The number of methoxy groups -OCH3 is 3. The van der Waals surface area contributed by atoms with Gasteiger partial charge in [0.15, 0.2) is 0 Å². The first-order valence-corrected chi connectivity index (χ1v) is 10.7. The Bertz CT molecular complexity index is 856. The molecule has 0 bridgehead atoms. The zero-order valence-corrected chi connectivity index (χ0v) is 18.9. The summed E-state index contributed by atoms with van der Waals surface area (Å²) in [6, 6.07) is 13.6. The van der Waals surface area contributed by atoms with Gasteiger partial charge < -0.3 is 24.4 Å². The first-order valence-electron chi connectivity index (χ1n) is 10.7. The number of ether oxygens (including phenoxy) is 3. The van der Waals surface area contributed by atoms with Gasteiger partial charge in [0.25, 0.3) is 0 Å². The smallest absolute Gasteiger partial charge is 0.234 e. The highest BCUT2D eigenvalue weighted by molar-refractivity contribution is 5.78. The van der Waals surface area contributed by atoms with Crippen LogP contribution in [0, 0.1) is 0 Å². The molecule has 2 aromatic carbocycles. The fraction of sp³-hybridized carbons (Fsp3) is 0.458. The molecule has 0 radical (unpaired) electrons. The topological polar surface area (TPSA) is 63.3 Å². The van der Waals surface area contributed by atoms with Crippen LogP contribution in [0.1, 0.15) is 24.9 Å². The van der Waals surface area contributed by atoms with Crippen molar-refractivity contribution in [2.45, 2.75) is 19.4 Å². The van der Waals surface area contributed by atoms with Gasteiger partial charge in [0, 0.05) is 37.4 Å². The summed E-state index contributed by atoms with van der Waals surface area (Å²) in [7, 11) is 4.93. The molecule has 2 aromatic rings. The predicted octanol–water partition coefficient (Wildman–Crippen LogP) is 3.10. The van der Waals surface area contributed by atoms with Crippen LogP contribution in [0.5, 0.6) is 17.2 Å². The number of nitrogens with one attached hydrogen (secondary N) is 1. The van der Waals surface area contributed by atoms with E-state index in [-0.39, 0.29) is 11.9 Å². The average molecular weight is 428 g/mol. The minimum absolute atomic E-state index is 0.00951. The molecule has 1 saturated heterocycles. The van der Waals surface area contributed by atoms with Crippen molar-refractivity contribution in [2.75, 3.05) is 59.0 Å². The summed E-state index contributed by atoms with van der Waals surface area (Å²) in [5, 5.41) is 3.10. The maximum Gasteiger partial charge on any atom is 0.234 e. The van der Waals surface area contributed by atoms with Gasteiger partial charge in [-0.15, -0.1) is 0 Å². The van der Waals surface area contributed by atoms with E-state index in [1.54, 1.807) is 21.3 Å². The van der Waals surface area contributed by atoms with Gasteiger partial charge in [-0.25, -0.2) is 0 Å². The van der Waals surface area contributed by atoms with Crippen molar-refractivity contribution in [1.29, 1.82) is 0 Å². The molecule has 1 heterocycles. The van der Waals surface area contributed by atoms with Crippen LogP contribution in [-0.4, -0.2) is 64.9 Å². The molecule has 1 N–H and O–H groups in total. The third-order valence-electron chi connectivity index (χ3n) is 5.67. The molecule has 31 heavy (non-hydrogen) atoms. The van der Waals surface area contributed by atoms with Crippen LogP contribution in [-0.2, 0) is 4.79 Å². The Kier molecular flexibility index (Phi) is 8.00. The summed E-state index contributed by atoms with van der Waals surface area (Å²) >= 11 is 0. The Balaban J connectivity index is 1.55. The molecule has 1 aliphatic rings. The summed E-state index contributed by atoms with van der Waals surface area (Å²) in [5.74, 6) is 2.34. The Labute approximate surface area is 184 Å². The number of hydrogen-bond donors (Lipinski definition) is 1. The lowest BCUT2D eigenvalue weighted by molar-refractivity contribution is -0.122. The molecule has 7 heteroatoms. The Morgan fingerprint density at radius 3 is 2.32 bits per heavy atom. The number of nitrogens with zero attached hydrogens (tertiary/aromatic N) is 2. The zero-order chi connectivity index (χ0) is 22.2. The third kappa shape index (κ3) is 6.04. The Morgan fingerprint density at radius 2 is 1.65 bits per heavy atom. The molecular weight excluding hydrogens is 394 g/mol.